The zero-order valence-corrected chi connectivity index (χ0v) is 17.3. The largest absolute Gasteiger partial charge is 0.156 e. The van der Waals surface area contributed by atoms with Gasteiger partial charge in [-0.3, -0.25) is 0 Å². The predicted molar refractivity (Wildman–Crippen MR) is 124 cm³/mol. The van der Waals surface area contributed by atoms with E-state index in [1.54, 1.807) is 0 Å². The summed E-state index contributed by atoms with van der Waals surface area (Å²) in [6.07, 6.45) is 0. The third kappa shape index (κ3) is 3.34. The summed E-state index contributed by atoms with van der Waals surface area (Å²) in [4.78, 5) is 0. The normalized spacial score (nSPS) is 11.2. The van der Waals surface area contributed by atoms with Crippen LogP contribution in [0.4, 0.5) is 0 Å². The molecule has 0 saturated carbocycles. The van der Waals surface area contributed by atoms with E-state index in [2.05, 4.69) is 88.0 Å². The lowest BCUT2D eigenvalue weighted by molar-refractivity contribution is 1.65. The molecule has 0 atom stereocenters. The maximum atomic E-state index is 4.02. The molecule has 0 saturated heterocycles. The Hall–Kier alpha value is -2.69. The molecular formula is C24H26Si2. The van der Waals surface area contributed by atoms with E-state index in [1.807, 2.05) is 34.2 Å². The molecule has 26 heavy (non-hydrogen) atoms. The summed E-state index contributed by atoms with van der Waals surface area (Å²) < 4.78 is 0. The highest BCUT2D eigenvalue weighted by Crippen LogP contribution is 2.20. The SMILES string of the molecule is C=C[Si](C=C)(C=C)c1ccc(-c2cccc([Si](C=C)(C=C)C=C)c2)cc1. The average molecular weight is 371 g/mol. The Balaban J connectivity index is 2.49. The molecule has 0 aliphatic rings. The van der Waals surface area contributed by atoms with E-state index >= 15 is 0 Å². The minimum atomic E-state index is -2.06. The zero-order chi connectivity index (χ0) is 19.2. The van der Waals surface area contributed by atoms with Crippen LogP contribution in [0.5, 0.6) is 0 Å². The van der Waals surface area contributed by atoms with Crippen molar-refractivity contribution < 1.29 is 0 Å². The highest BCUT2D eigenvalue weighted by Gasteiger charge is 2.25. The van der Waals surface area contributed by atoms with Gasteiger partial charge in [-0.2, -0.15) is 0 Å². The molecule has 0 spiro atoms. The number of hydrogen-bond acceptors (Lipinski definition) is 0. The molecule has 0 aliphatic carbocycles. The minimum Gasteiger partial charge on any atom is -0.106 e. The quantitative estimate of drug-likeness (QED) is 0.544. The summed E-state index contributed by atoms with van der Waals surface area (Å²) in [6.45, 7) is 24.0. The first-order valence-corrected chi connectivity index (χ1v) is 13.0. The molecular weight excluding hydrogens is 344 g/mol. The number of rotatable bonds is 9. The van der Waals surface area contributed by atoms with Crippen LogP contribution in [-0.2, 0) is 0 Å². The first-order valence-electron chi connectivity index (χ1n) is 8.57. The highest BCUT2D eigenvalue weighted by molar-refractivity contribution is 7.04. The van der Waals surface area contributed by atoms with E-state index in [9.17, 15) is 0 Å². The summed E-state index contributed by atoms with van der Waals surface area (Å²) in [6, 6.07) is 17.2. The Bertz CT molecular complexity index is 812. The van der Waals surface area contributed by atoms with Crippen LogP contribution in [0.25, 0.3) is 11.1 Å². The van der Waals surface area contributed by atoms with Crippen LogP contribution in [0.3, 0.4) is 0 Å². The van der Waals surface area contributed by atoms with Crippen LogP contribution < -0.4 is 10.4 Å². The molecule has 0 fully saturated rings. The fourth-order valence-corrected chi connectivity index (χ4v) is 7.08. The van der Waals surface area contributed by atoms with Gasteiger partial charge in [0.1, 0.15) is 0 Å². The van der Waals surface area contributed by atoms with Crippen LogP contribution >= 0.6 is 0 Å². The minimum absolute atomic E-state index is 1.18. The van der Waals surface area contributed by atoms with Gasteiger partial charge in [0.15, 0.2) is 16.1 Å². The molecule has 0 bridgehead atoms. The highest BCUT2D eigenvalue weighted by atomic mass is 28.3. The fraction of sp³-hybridized carbons (Fsp3) is 0. The molecule has 2 rings (SSSR count). The Morgan fingerprint density at radius 1 is 0.500 bits per heavy atom. The van der Waals surface area contributed by atoms with Crippen molar-refractivity contribution in [3.8, 4) is 11.1 Å². The Morgan fingerprint density at radius 3 is 1.42 bits per heavy atom. The van der Waals surface area contributed by atoms with Crippen molar-refractivity contribution in [2.24, 2.45) is 0 Å². The Kier molecular flexibility index (Phi) is 6.14. The van der Waals surface area contributed by atoms with E-state index < -0.39 is 16.1 Å². The Labute approximate surface area is 159 Å². The second kappa shape index (κ2) is 8.13. The smallest absolute Gasteiger partial charge is 0.106 e. The molecule has 0 radical (unpaired) electrons. The van der Waals surface area contributed by atoms with E-state index in [-0.39, 0.29) is 0 Å². The molecule has 0 unspecified atom stereocenters. The standard InChI is InChI=1S/C24H26Si2/c1-7-25(8-2,9-3)23-18-16-21(17-19-23)22-14-13-15-24(20-22)26(10-4,11-5)12-6/h7-20H,1-6H2. The van der Waals surface area contributed by atoms with Crippen molar-refractivity contribution in [1.29, 1.82) is 0 Å². The zero-order valence-electron chi connectivity index (χ0n) is 15.3. The third-order valence-corrected chi connectivity index (χ3v) is 11.8. The summed E-state index contributed by atoms with van der Waals surface area (Å²) in [7, 11) is -4.07. The molecule has 2 aromatic rings. The lowest BCUT2D eigenvalue weighted by atomic mass is 10.1. The Morgan fingerprint density at radius 2 is 0.962 bits per heavy atom. The second-order valence-electron chi connectivity index (χ2n) is 6.25. The van der Waals surface area contributed by atoms with Gasteiger partial charge in [-0.05, 0) is 21.5 Å². The molecule has 130 valence electrons. The van der Waals surface area contributed by atoms with Gasteiger partial charge in [0, 0.05) is 0 Å². The topological polar surface area (TPSA) is 0 Å². The number of benzene rings is 2. The predicted octanol–water partition coefficient (Wildman–Crippen LogP) is 5.02. The number of hydrogen-bond donors (Lipinski definition) is 0. The van der Waals surface area contributed by atoms with Crippen LogP contribution in [-0.4, -0.2) is 16.1 Å². The van der Waals surface area contributed by atoms with Gasteiger partial charge in [0.05, 0.1) is 0 Å². The monoisotopic (exact) mass is 370 g/mol. The van der Waals surface area contributed by atoms with Crippen molar-refractivity contribution >= 4 is 26.5 Å². The van der Waals surface area contributed by atoms with Crippen molar-refractivity contribution in [2.45, 2.75) is 0 Å². The van der Waals surface area contributed by atoms with Crippen LogP contribution in [0.15, 0.2) is 122 Å². The second-order valence-corrected chi connectivity index (χ2v) is 13.6. The van der Waals surface area contributed by atoms with E-state index in [1.165, 1.54) is 21.5 Å². The van der Waals surface area contributed by atoms with Gasteiger partial charge in [-0.25, -0.2) is 0 Å². The lowest BCUT2D eigenvalue weighted by Gasteiger charge is -2.22. The van der Waals surface area contributed by atoms with Crippen LogP contribution in [0.2, 0.25) is 0 Å². The van der Waals surface area contributed by atoms with Gasteiger partial charge in [-0.1, -0.05) is 82.7 Å². The van der Waals surface area contributed by atoms with E-state index in [0.717, 1.165) is 0 Å². The van der Waals surface area contributed by atoms with Crippen molar-refractivity contribution in [2.75, 3.05) is 0 Å². The molecule has 0 nitrogen and oxygen atoms in total. The van der Waals surface area contributed by atoms with Gasteiger partial charge < -0.3 is 0 Å². The van der Waals surface area contributed by atoms with Crippen molar-refractivity contribution in [1.82, 2.24) is 0 Å². The molecule has 0 heterocycles. The van der Waals surface area contributed by atoms with Crippen molar-refractivity contribution in [3.05, 3.63) is 122 Å². The average Bonchev–Trinajstić information content (AvgIpc) is 2.72. The van der Waals surface area contributed by atoms with Gasteiger partial charge >= 0.3 is 0 Å². The molecule has 2 heteroatoms. The van der Waals surface area contributed by atoms with E-state index in [0.29, 0.717) is 0 Å². The fourth-order valence-electron chi connectivity index (χ4n) is 3.13. The summed E-state index contributed by atoms with van der Waals surface area (Å²) >= 11 is 0. The maximum absolute atomic E-state index is 4.02. The van der Waals surface area contributed by atoms with E-state index in [4.69, 9.17) is 0 Å². The van der Waals surface area contributed by atoms with Crippen LogP contribution in [0, 0.1) is 0 Å². The molecule has 0 aromatic heterocycles. The first kappa shape index (κ1) is 19.6. The first-order chi connectivity index (χ1) is 12.5. The van der Waals surface area contributed by atoms with Gasteiger partial charge in [0.2, 0.25) is 0 Å². The lowest BCUT2D eigenvalue weighted by Crippen LogP contribution is -2.42. The van der Waals surface area contributed by atoms with Crippen LogP contribution in [0.1, 0.15) is 0 Å². The maximum Gasteiger partial charge on any atom is 0.156 e. The third-order valence-electron chi connectivity index (χ3n) is 5.11. The summed E-state index contributed by atoms with van der Waals surface area (Å²) in [5, 5.41) is 2.48. The molecule has 0 amide bonds. The molecule has 2 aromatic carbocycles. The summed E-state index contributed by atoms with van der Waals surface area (Å²) in [5.74, 6) is 0. The van der Waals surface area contributed by atoms with Gasteiger partial charge in [-0.15, -0.1) is 39.5 Å². The van der Waals surface area contributed by atoms with Gasteiger partial charge in [0.25, 0.3) is 0 Å². The molecule has 0 aliphatic heterocycles. The van der Waals surface area contributed by atoms with Crippen molar-refractivity contribution in [3.63, 3.8) is 0 Å². The summed E-state index contributed by atoms with van der Waals surface area (Å²) in [5.41, 5.74) is 14.4. The molecule has 0 N–H and O–H groups in total.